The number of nitrogens with one attached hydrogen (secondary N) is 2. The summed E-state index contributed by atoms with van der Waals surface area (Å²) in [5.41, 5.74) is 0.802. The smallest absolute Gasteiger partial charge is 0.225 e. The van der Waals surface area contributed by atoms with Crippen LogP contribution in [0, 0.1) is 0 Å². The largest absolute Gasteiger partial charge is 0.363 e. The van der Waals surface area contributed by atoms with Crippen LogP contribution in [0.1, 0.15) is 6.42 Å². The summed E-state index contributed by atoms with van der Waals surface area (Å²) in [5, 5.41) is 14.5. The van der Waals surface area contributed by atoms with E-state index in [0.717, 1.165) is 19.6 Å². The SMILES string of the molecule is CNc1nnc(SCCC(=O)Nc2ccc(Br)cc2)s1. The maximum Gasteiger partial charge on any atom is 0.225 e. The van der Waals surface area contributed by atoms with E-state index in [1.165, 1.54) is 23.1 Å². The van der Waals surface area contributed by atoms with Crippen LogP contribution in [0.2, 0.25) is 0 Å². The number of halogens is 1. The zero-order valence-electron chi connectivity index (χ0n) is 10.7. The molecule has 0 bridgehead atoms. The van der Waals surface area contributed by atoms with Gasteiger partial charge in [-0.2, -0.15) is 0 Å². The first kappa shape index (κ1) is 15.3. The van der Waals surface area contributed by atoms with Crippen LogP contribution in [0.15, 0.2) is 33.1 Å². The molecule has 2 rings (SSSR count). The van der Waals surface area contributed by atoms with Crippen molar-refractivity contribution in [3.05, 3.63) is 28.7 Å². The minimum Gasteiger partial charge on any atom is -0.363 e. The van der Waals surface area contributed by atoms with Gasteiger partial charge in [-0.05, 0) is 24.3 Å². The Hall–Kier alpha value is -1.12. The first-order chi connectivity index (χ1) is 9.67. The second-order valence-electron chi connectivity index (χ2n) is 3.78. The molecule has 5 nitrogen and oxygen atoms in total. The first-order valence-corrected chi connectivity index (χ1v) is 8.46. The number of amides is 1. The highest BCUT2D eigenvalue weighted by Gasteiger charge is 2.06. The van der Waals surface area contributed by atoms with Gasteiger partial charge < -0.3 is 10.6 Å². The van der Waals surface area contributed by atoms with E-state index in [4.69, 9.17) is 0 Å². The number of carbonyl (C=O) groups excluding carboxylic acids is 1. The van der Waals surface area contributed by atoms with Gasteiger partial charge in [-0.1, -0.05) is 39.0 Å². The van der Waals surface area contributed by atoms with Crippen LogP contribution in [0.3, 0.4) is 0 Å². The van der Waals surface area contributed by atoms with Crippen molar-refractivity contribution in [2.24, 2.45) is 0 Å². The molecule has 2 N–H and O–H groups in total. The zero-order chi connectivity index (χ0) is 14.4. The van der Waals surface area contributed by atoms with E-state index >= 15 is 0 Å². The number of thioether (sulfide) groups is 1. The summed E-state index contributed by atoms with van der Waals surface area (Å²) in [6.07, 6.45) is 0.440. The number of benzene rings is 1. The van der Waals surface area contributed by atoms with Gasteiger partial charge in [0, 0.05) is 29.4 Å². The van der Waals surface area contributed by atoms with E-state index in [1.54, 1.807) is 7.05 Å². The third-order valence-electron chi connectivity index (χ3n) is 2.30. The minimum absolute atomic E-state index is 0.00169. The second kappa shape index (κ2) is 7.61. The summed E-state index contributed by atoms with van der Waals surface area (Å²) >= 11 is 6.37. The molecule has 2 aromatic rings. The predicted molar refractivity (Wildman–Crippen MR) is 87.6 cm³/mol. The van der Waals surface area contributed by atoms with E-state index in [0.29, 0.717) is 12.2 Å². The lowest BCUT2D eigenvalue weighted by Gasteiger charge is -2.04. The summed E-state index contributed by atoms with van der Waals surface area (Å²) < 4.78 is 1.86. The third-order valence-corrected chi connectivity index (χ3v) is 4.91. The Bertz CT molecular complexity index is 573. The molecule has 1 amide bonds. The van der Waals surface area contributed by atoms with Crippen molar-refractivity contribution in [2.45, 2.75) is 10.8 Å². The van der Waals surface area contributed by atoms with Crippen LogP contribution in [0.5, 0.6) is 0 Å². The molecule has 1 aromatic heterocycles. The number of anilines is 2. The van der Waals surface area contributed by atoms with Gasteiger partial charge in [-0.15, -0.1) is 10.2 Å². The number of rotatable bonds is 6. The Morgan fingerprint density at radius 1 is 1.35 bits per heavy atom. The highest BCUT2D eigenvalue weighted by atomic mass is 79.9. The van der Waals surface area contributed by atoms with Gasteiger partial charge in [0.25, 0.3) is 0 Å². The number of carbonyl (C=O) groups is 1. The Morgan fingerprint density at radius 3 is 2.75 bits per heavy atom. The molecule has 8 heteroatoms. The Balaban J connectivity index is 1.73. The Morgan fingerprint density at radius 2 is 2.10 bits per heavy atom. The lowest BCUT2D eigenvalue weighted by molar-refractivity contribution is -0.115. The monoisotopic (exact) mass is 372 g/mol. The molecule has 0 spiro atoms. The molecule has 0 fully saturated rings. The molecule has 0 unspecified atom stereocenters. The van der Waals surface area contributed by atoms with E-state index in [2.05, 4.69) is 36.8 Å². The molecule has 1 heterocycles. The summed E-state index contributed by atoms with van der Waals surface area (Å²) in [7, 11) is 1.81. The van der Waals surface area contributed by atoms with Gasteiger partial charge in [-0.25, -0.2) is 0 Å². The van der Waals surface area contributed by atoms with Crippen LogP contribution in [0.4, 0.5) is 10.8 Å². The maximum absolute atomic E-state index is 11.8. The Kier molecular flexibility index (Phi) is 5.81. The van der Waals surface area contributed by atoms with Crippen molar-refractivity contribution in [3.8, 4) is 0 Å². The number of hydrogen-bond donors (Lipinski definition) is 2. The molecule has 0 aliphatic heterocycles. The van der Waals surface area contributed by atoms with Gasteiger partial charge in [0.1, 0.15) is 0 Å². The van der Waals surface area contributed by atoms with Crippen LogP contribution in [-0.4, -0.2) is 28.9 Å². The minimum atomic E-state index is -0.00169. The van der Waals surface area contributed by atoms with Crippen LogP contribution < -0.4 is 10.6 Å². The molecule has 1 aromatic carbocycles. The predicted octanol–water partition coefficient (Wildman–Crippen LogP) is 3.46. The summed E-state index contributed by atoms with van der Waals surface area (Å²) in [6, 6.07) is 7.51. The normalized spacial score (nSPS) is 10.3. The molecule has 0 saturated carbocycles. The molecule has 20 heavy (non-hydrogen) atoms. The van der Waals surface area contributed by atoms with Crippen LogP contribution in [0.25, 0.3) is 0 Å². The van der Waals surface area contributed by atoms with Gasteiger partial charge in [0.2, 0.25) is 11.0 Å². The van der Waals surface area contributed by atoms with Crippen LogP contribution >= 0.6 is 39.0 Å². The topological polar surface area (TPSA) is 66.9 Å². The van der Waals surface area contributed by atoms with Gasteiger partial charge >= 0.3 is 0 Å². The second-order valence-corrected chi connectivity index (χ2v) is 7.01. The number of hydrogen-bond acceptors (Lipinski definition) is 6. The summed E-state index contributed by atoms with van der Waals surface area (Å²) in [5.74, 6) is 0.680. The first-order valence-electron chi connectivity index (χ1n) is 5.87. The fraction of sp³-hybridized carbons (Fsp3) is 0.250. The van der Waals surface area contributed by atoms with E-state index in [1.807, 2.05) is 24.3 Å². The van der Waals surface area contributed by atoms with Gasteiger partial charge in [-0.3, -0.25) is 4.79 Å². The number of aromatic nitrogens is 2. The van der Waals surface area contributed by atoms with Crippen molar-refractivity contribution in [1.29, 1.82) is 0 Å². The third kappa shape index (κ3) is 4.77. The van der Waals surface area contributed by atoms with Crippen molar-refractivity contribution in [3.63, 3.8) is 0 Å². The maximum atomic E-state index is 11.8. The molecule has 0 aliphatic rings. The average molecular weight is 373 g/mol. The van der Waals surface area contributed by atoms with Crippen molar-refractivity contribution in [1.82, 2.24) is 10.2 Å². The fourth-order valence-corrected chi connectivity index (χ4v) is 3.34. The van der Waals surface area contributed by atoms with E-state index in [9.17, 15) is 4.79 Å². The molecule has 0 aliphatic carbocycles. The Labute approximate surface area is 133 Å². The number of nitrogens with zero attached hydrogens (tertiary/aromatic N) is 2. The summed E-state index contributed by atoms with van der Waals surface area (Å²) in [6.45, 7) is 0. The lowest BCUT2D eigenvalue weighted by atomic mass is 10.3. The summed E-state index contributed by atoms with van der Waals surface area (Å²) in [4.78, 5) is 11.8. The van der Waals surface area contributed by atoms with E-state index in [-0.39, 0.29) is 5.91 Å². The van der Waals surface area contributed by atoms with E-state index < -0.39 is 0 Å². The average Bonchev–Trinajstić information content (AvgIpc) is 2.89. The molecular weight excluding hydrogens is 360 g/mol. The highest BCUT2D eigenvalue weighted by molar-refractivity contribution is 9.10. The molecule has 0 radical (unpaired) electrons. The van der Waals surface area contributed by atoms with Crippen molar-refractivity contribution >= 4 is 55.8 Å². The molecule has 106 valence electrons. The lowest BCUT2D eigenvalue weighted by Crippen LogP contribution is -2.11. The quantitative estimate of drug-likeness (QED) is 0.759. The van der Waals surface area contributed by atoms with Gasteiger partial charge in [0.15, 0.2) is 4.34 Å². The van der Waals surface area contributed by atoms with Gasteiger partial charge in [0.05, 0.1) is 0 Å². The van der Waals surface area contributed by atoms with Crippen molar-refractivity contribution < 1.29 is 4.79 Å². The zero-order valence-corrected chi connectivity index (χ0v) is 13.9. The highest BCUT2D eigenvalue weighted by Crippen LogP contribution is 2.25. The standard InChI is InChI=1S/C12H13BrN4OS2/c1-14-11-16-17-12(20-11)19-7-6-10(18)15-9-4-2-8(13)3-5-9/h2-5H,6-7H2,1H3,(H,14,16)(H,15,18). The van der Waals surface area contributed by atoms with Crippen molar-refractivity contribution in [2.75, 3.05) is 23.4 Å². The molecule has 0 atom stereocenters. The van der Waals surface area contributed by atoms with Crippen LogP contribution in [-0.2, 0) is 4.79 Å². The fourth-order valence-electron chi connectivity index (χ4n) is 1.36. The molecule has 0 saturated heterocycles. The molecular formula is C12H13BrN4OS2.